The van der Waals surface area contributed by atoms with Crippen molar-refractivity contribution in [3.63, 3.8) is 0 Å². The summed E-state index contributed by atoms with van der Waals surface area (Å²) in [5.41, 5.74) is 1.23. The summed E-state index contributed by atoms with van der Waals surface area (Å²) < 4.78 is 1.90. The van der Waals surface area contributed by atoms with Gasteiger partial charge in [-0.25, -0.2) is 0 Å². The zero-order chi connectivity index (χ0) is 9.80. The maximum absolute atomic E-state index is 4.11. The van der Waals surface area contributed by atoms with Gasteiger partial charge in [-0.1, -0.05) is 0 Å². The Morgan fingerprint density at radius 3 is 3.00 bits per heavy atom. The van der Waals surface area contributed by atoms with Gasteiger partial charge in [0.2, 0.25) is 0 Å². The zero-order valence-electron chi connectivity index (χ0n) is 8.66. The van der Waals surface area contributed by atoms with E-state index in [1.807, 2.05) is 24.0 Å². The molecule has 1 heterocycles. The first-order valence-electron chi connectivity index (χ1n) is 5.27. The average molecular weight is 194 g/mol. The second kappa shape index (κ2) is 4.57. The van der Waals surface area contributed by atoms with Gasteiger partial charge in [-0.15, -0.1) is 0 Å². The molecule has 1 aromatic rings. The molecule has 0 atom stereocenters. The molecule has 2 rings (SSSR count). The standard InChI is InChI=1S/C10H18N4/c1-14-10(4-5-13-14)8-11-6-7-12-9-2-3-9/h4-5,9,11-12H,2-3,6-8H2,1H3. The van der Waals surface area contributed by atoms with Crippen molar-refractivity contribution >= 4 is 0 Å². The highest BCUT2D eigenvalue weighted by atomic mass is 15.3. The number of rotatable bonds is 6. The lowest BCUT2D eigenvalue weighted by Crippen LogP contribution is -2.28. The summed E-state index contributed by atoms with van der Waals surface area (Å²) in [5, 5.41) is 11.0. The van der Waals surface area contributed by atoms with Gasteiger partial charge in [0.15, 0.2) is 0 Å². The molecular formula is C10H18N4. The summed E-state index contributed by atoms with van der Waals surface area (Å²) in [6.07, 6.45) is 4.56. The Balaban J connectivity index is 1.56. The second-order valence-corrected chi connectivity index (χ2v) is 3.85. The maximum atomic E-state index is 4.11. The third-order valence-corrected chi connectivity index (χ3v) is 2.54. The predicted molar refractivity (Wildman–Crippen MR) is 55.9 cm³/mol. The van der Waals surface area contributed by atoms with E-state index in [0.717, 1.165) is 25.7 Å². The van der Waals surface area contributed by atoms with E-state index in [0.29, 0.717) is 0 Å². The van der Waals surface area contributed by atoms with Crippen LogP contribution in [-0.2, 0) is 13.6 Å². The Morgan fingerprint density at radius 1 is 1.50 bits per heavy atom. The van der Waals surface area contributed by atoms with Crippen LogP contribution in [0.25, 0.3) is 0 Å². The van der Waals surface area contributed by atoms with Crippen molar-refractivity contribution < 1.29 is 0 Å². The Bertz CT molecular complexity index is 277. The molecule has 0 radical (unpaired) electrons. The molecule has 1 aliphatic rings. The van der Waals surface area contributed by atoms with E-state index in [1.54, 1.807) is 0 Å². The van der Waals surface area contributed by atoms with E-state index in [9.17, 15) is 0 Å². The second-order valence-electron chi connectivity index (χ2n) is 3.85. The smallest absolute Gasteiger partial charge is 0.0518 e. The lowest BCUT2D eigenvalue weighted by Gasteiger charge is -2.05. The van der Waals surface area contributed by atoms with E-state index in [1.165, 1.54) is 18.5 Å². The molecule has 4 nitrogen and oxygen atoms in total. The van der Waals surface area contributed by atoms with Gasteiger partial charge in [0, 0.05) is 38.9 Å². The average Bonchev–Trinajstić information content (AvgIpc) is 2.91. The third-order valence-electron chi connectivity index (χ3n) is 2.54. The van der Waals surface area contributed by atoms with Crippen molar-refractivity contribution in [2.24, 2.45) is 7.05 Å². The normalized spacial score (nSPS) is 16.1. The van der Waals surface area contributed by atoms with Crippen LogP contribution in [0.4, 0.5) is 0 Å². The van der Waals surface area contributed by atoms with Crippen molar-refractivity contribution in [1.29, 1.82) is 0 Å². The summed E-state index contributed by atoms with van der Waals surface area (Å²) >= 11 is 0. The highest BCUT2D eigenvalue weighted by Gasteiger charge is 2.19. The first-order valence-corrected chi connectivity index (χ1v) is 5.27. The van der Waals surface area contributed by atoms with Crippen LogP contribution in [0.1, 0.15) is 18.5 Å². The molecule has 0 amide bonds. The number of aromatic nitrogens is 2. The van der Waals surface area contributed by atoms with Crippen molar-refractivity contribution in [2.45, 2.75) is 25.4 Å². The van der Waals surface area contributed by atoms with Gasteiger partial charge in [-0.05, 0) is 18.9 Å². The van der Waals surface area contributed by atoms with Gasteiger partial charge in [-0.3, -0.25) is 4.68 Å². The number of hydrogen-bond donors (Lipinski definition) is 2. The molecule has 0 aromatic carbocycles. The van der Waals surface area contributed by atoms with Crippen molar-refractivity contribution in [1.82, 2.24) is 20.4 Å². The molecule has 1 aromatic heterocycles. The Labute approximate surface area is 84.7 Å². The van der Waals surface area contributed by atoms with Gasteiger partial charge < -0.3 is 10.6 Å². The molecule has 1 saturated carbocycles. The summed E-state index contributed by atoms with van der Waals surface area (Å²) in [4.78, 5) is 0. The fourth-order valence-corrected chi connectivity index (χ4v) is 1.44. The number of nitrogens with one attached hydrogen (secondary N) is 2. The fraction of sp³-hybridized carbons (Fsp3) is 0.700. The van der Waals surface area contributed by atoms with E-state index in [2.05, 4.69) is 15.7 Å². The fourth-order valence-electron chi connectivity index (χ4n) is 1.44. The van der Waals surface area contributed by atoms with E-state index >= 15 is 0 Å². The molecule has 4 heteroatoms. The highest BCUT2D eigenvalue weighted by Crippen LogP contribution is 2.17. The predicted octanol–water partition coefficient (Wildman–Crippen LogP) is 0.262. The summed E-state index contributed by atoms with van der Waals surface area (Å²) in [5.74, 6) is 0. The number of nitrogens with zero attached hydrogens (tertiary/aromatic N) is 2. The van der Waals surface area contributed by atoms with Crippen LogP contribution in [0.15, 0.2) is 12.3 Å². The van der Waals surface area contributed by atoms with Crippen LogP contribution in [0.5, 0.6) is 0 Å². The summed E-state index contributed by atoms with van der Waals surface area (Å²) in [6, 6.07) is 2.86. The van der Waals surface area contributed by atoms with E-state index in [4.69, 9.17) is 0 Å². The molecule has 0 aliphatic heterocycles. The molecule has 1 fully saturated rings. The first kappa shape index (κ1) is 9.68. The van der Waals surface area contributed by atoms with E-state index in [-0.39, 0.29) is 0 Å². The van der Waals surface area contributed by atoms with Crippen LogP contribution in [0.3, 0.4) is 0 Å². The number of aryl methyl sites for hydroxylation is 1. The first-order chi connectivity index (χ1) is 6.86. The van der Waals surface area contributed by atoms with Crippen LogP contribution in [0.2, 0.25) is 0 Å². The summed E-state index contributed by atoms with van der Waals surface area (Å²) in [6.45, 7) is 3.01. The molecule has 78 valence electrons. The van der Waals surface area contributed by atoms with Crippen LogP contribution in [0, 0.1) is 0 Å². The highest BCUT2D eigenvalue weighted by molar-refractivity contribution is 4.99. The third kappa shape index (κ3) is 2.82. The van der Waals surface area contributed by atoms with Crippen molar-refractivity contribution in [3.05, 3.63) is 18.0 Å². The van der Waals surface area contributed by atoms with E-state index < -0.39 is 0 Å². The SMILES string of the molecule is Cn1nccc1CNCCNC1CC1. The van der Waals surface area contributed by atoms with Gasteiger partial charge >= 0.3 is 0 Å². The molecule has 0 unspecified atom stereocenters. The molecule has 2 N–H and O–H groups in total. The molecule has 14 heavy (non-hydrogen) atoms. The molecule has 0 saturated heterocycles. The maximum Gasteiger partial charge on any atom is 0.0518 e. The van der Waals surface area contributed by atoms with Gasteiger partial charge in [0.1, 0.15) is 0 Å². The Kier molecular flexibility index (Phi) is 3.16. The van der Waals surface area contributed by atoms with Gasteiger partial charge in [0.05, 0.1) is 5.69 Å². The molecule has 1 aliphatic carbocycles. The molecular weight excluding hydrogens is 176 g/mol. The minimum Gasteiger partial charge on any atom is -0.313 e. The zero-order valence-corrected chi connectivity index (χ0v) is 8.66. The van der Waals surface area contributed by atoms with Gasteiger partial charge in [-0.2, -0.15) is 5.10 Å². The Hall–Kier alpha value is -0.870. The van der Waals surface area contributed by atoms with Crippen LogP contribution in [-0.4, -0.2) is 28.9 Å². The van der Waals surface area contributed by atoms with Crippen molar-refractivity contribution in [2.75, 3.05) is 13.1 Å². The van der Waals surface area contributed by atoms with Gasteiger partial charge in [0.25, 0.3) is 0 Å². The van der Waals surface area contributed by atoms with Crippen LogP contribution < -0.4 is 10.6 Å². The lowest BCUT2D eigenvalue weighted by atomic mass is 10.4. The molecule has 0 bridgehead atoms. The summed E-state index contributed by atoms with van der Waals surface area (Å²) in [7, 11) is 1.97. The monoisotopic (exact) mass is 194 g/mol. The number of hydrogen-bond acceptors (Lipinski definition) is 3. The lowest BCUT2D eigenvalue weighted by molar-refractivity contribution is 0.585. The molecule has 0 spiro atoms. The minimum atomic E-state index is 0.813. The quantitative estimate of drug-likeness (QED) is 0.638. The van der Waals surface area contributed by atoms with Crippen LogP contribution >= 0.6 is 0 Å². The topological polar surface area (TPSA) is 41.9 Å². The van der Waals surface area contributed by atoms with Crippen molar-refractivity contribution in [3.8, 4) is 0 Å². The minimum absolute atomic E-state index is 0.813. The Morgan fingerprint density at radius 2 is 2.36 bits per heavy atom. The largest absolute Gasteiger partial charge is 0.313 e.